The summed E-state index contributed by atoms with van der Waals surface area (Å²) in [4.78, 5) is 24.1. The molecule has 0 aromatic carbocycles. The Morgan fingerprint density at radius 1 is 1.33 bits per heavy atom. The van der Waals surface area contributed by atoms with E-state index in [1.807, 2.05) is 0 Å². The number of ether oxygens (including phenoxy) is 2. The van der Waals surface area contributed by atoms with E-state index in [4.69, 9.17) is 9.47 Å². The first-order valence-electron chi connectivity index (χ1n) is 6.21. The first kappa shape index (κ1) is 13.3. The molecule has 0 aliphatic carbocycles. The van der Waals surface area contributed by atoms with Crippen LogP contribution in [0.4, 0.5) is 0 Å². The second kappa shape index (κ2) is 5.24. The number of aliphatic hydroxyl groups is 1. The number of aliphatic hydroxyl groups excluding tert-OH is 1. The third-order valence-corrected chi connectivity index (χ3v) is 3.65. The summed E-state index contributed by atoms with van der Waals surface area (Å²) in [5.41, 5.74) is 0. The van der Waals surface area contributed by atoms with E-state index in [1.54, 1.807) is 0 Å². The normalized spacial score (nSPS) is 35.3. The van der Waals surface area contributed by atoms with Gasteiger partial charge in [0.15, 0.2) is 0 Å². The highest BCUT2D eigenvalue weighted by Crippen LogP contribution is 2.35. The lowest BCUT2D eigenvalue weighted by Gasteiger charge is -2.24. The van der Waals surface area contributed by atoms with E-state index in [0.29, 0.717) is 13.0 Å². The Hall–Kier alpha value is -1.14. The van der Waals surface area contributed by atoms with Crippen LogP contribution in [0.3, 0.4) is 0 Å². The molecule has 2 aliphatic rings. The van der Waals surface area contributed by atoms with Crippen molar-refractivity contribution in [3.63, 3.8) is 0 Å². The molecule has 6 heteroatoms. The monoisotopic (exact) mass is 257 g/mol. The fourth-order valence-electron chi connectivity index (χ4n) is 2.97. The van der Waals surface area contributed by atoms with E-state index in [9.17, 15) is 14.7 Å². The van der Waals surface area contributed by atoms with Gasteiger partial charge in [0.1, 0.15) is 6.10 Å². The molecule has 18 heavy (non-hydrogen) atoms. The van der Waals surface area contributed by atoms with Gasteiger partial charge in [0.25, 0.3) is 0 Å². The molecule has 0 saturated carbocycles. The molecule has 2 fully saturated rings. The van der Waals surface area contributed by atoms with Gasteiger partial charge < -0.3 is 14.6 Å². The maximum absolute atomic E-state index is 11.1. The quantitative estimate of drug-likeness (QED) is 0.690. The molecule has 2 heterocycles. The molecule has 2 saturated heterocycles. The van der Waals surface area contributed by atoms with Crippen LogP contribution in [0.1, 0.15) is 20.3 Å². The average molecular weight is 257 g/mol. The minimum Gasteiger partial charge on any atom is -0.465 e. The van der Waals surface area contributed by atoms with Crippen LogP contribution in [0.15, 0.2) is 0 Å². The van der Waals surface area contributed by atoms with Crippen molar-refractivity contribution >= 4 is 11.9 Å². The highest BCUT2D eigenvalue weighted by Gasteiger charge is 2.50. The Bertz CT molecular complexity index is 345. The third kappa shape index (κ3) is 2.64. The number of carbonyl (C=O) groups is 2. The molecule has 0 bridgehead atoms. The van der Waals surface area contributed by atoms with Gasteiger partial charge in [0.2, 0.25) is 0 Å². The zero-order valence-electron chi connectivity index (χ0n) is 10.7. The fourth-order valence-corrected chi connectivity index (χ4v) is 2.97. The molecular weight excluding hydrogens is 238 g/mol. The first-order chi connectivity index (χ1) is 8.49. The molecule has 0 aromatic rings. The summed E-state index contributed by atoms with van der Waals surface area (Å²) in [5.74, 6) is -0.846. The molecule has 0 aromatic heterocycles. The number of hydrogen-bond donors (Lipinski definition) is 1. The summed E-state index contributed by atoms with van der Waals surface area (Å²) < 4.78 is 10.3. The van der Waals surface area contributed by atoms with Crippen molar-refractivity contribution in [1.29, 1.82) is 0 Å². The predicted molar refractivity (Wildman–Crippen MR) is 61.7 cm³/mol. The number of hydrogen-bond acceptors (Lipinski definition) is 6. The van der Waals surface area contributed by atoms with Crippen LogP contribution in [0.2, 0.25) is 0 Å². The van der Waals surface area contributed by atoms with Crippen LogP contribution >= 0.6 is 0 Å². The number of rotatable bonds is 3. The Morgan fingerprint density at radius 3 is 2.67 bits per heavy atom. The number of fused-ring (bicyclic) bond motifs is 1. The van der Waals surface area contributed by atoms with Crippen LogP contribution in [0, 0.1) is 5.92 Å². The molecule has 0 spiro atoms. The first-order valence-corrected chi connectivity index (χ1v) is 6.21. The molecule has 4 unspecified atom stereocenters. The smallest absolute Gasteiger partial charge is 0.302 e. The molecule has 4 atom stereocenters. The minimum absolute atomic E-state index is 0.0753. The molecular formula is C12H19NO5. The van der Waals surface area contributed by atoms with E-state index >= 15 is 0 Å². The fraction of sp³-hybridized carbons (Fsp3) is 0.833. The summed E-state index contributed by atoms with van der Waals surface area (Å²) in [6.45, 7) is 4.29. The van der Waals surface area contributed by atoms with Crippen molar-refractivity contribution < 1.29 is 24.2 Å². The van der Waals surface area contributed by atoms with Gasteiger partial charge in [-0.1, -0.05) is 0 Å². The summed E-state index contributed by atoms with van der Waals surface area (Å²) in [6.07, 6.45) is -0.0264. The van der Waals surface area contributed by atoms with Gasteiger partial charge in [0, 0.05) is 38.9 Å². The standard InChI is InChI=1S/C12H19NO5/c1-7(14)17-6-9-11(18-8(2)15)5-13-4-3-10(16)12(9)13/h9-12,16H,3-6H2,1-2H3. The van der Waals surface area contributed by atoms with Gasteiger partial charge in [-0.3, -0.25) is 14.5 Å². The number of carbonyl (C=O) groups excluding carboxylic acids is 2. The highest BCUT2D eigenvalue weighted by molar-refractivity contribution is 5.66. The Balaban J connectivity index is 2.06. The summed E-state index contributed by atoms with van der Waals surface area (Å²) in [6, 6.07) is -0.0753. The lowest BCUT2D eigenvalue weighted by atomic mass is 9.95. The third-order valence-electron chi connectivity index (χ3n) is 3.65. The summed E-state index contributed by atoms with van der Waals surface area (Å²) in [5, 5.41) is 9.96. The maximum atomic E-state index is 11.1. The van der Waals surface area contributed by atoms with E-state index in [0.717, 1.165) is 6.54 Å². The SMILES string of the molecule is CC(=O)OCC1C(OC(C)=O)CN2CCC(O)C12. The van der Waals surface area contributed by atoms with Gasteiger partial charge in [-0.25, -0.2) is 0 Å². The molecule has 0 amide bonds. The van der Waals surface area contributed by atoms with Crippen LogP contribution in [0.5, 0.6) is 0 Å². The van der Waals surface area contributed by atoms with Gasteiger partial charge in [-0.2, -0.15) is 0 Å². The van der Waals surface area contributed by atoms with E-state index in [2.05, 4.69) is 4.90 Å². The lowest BCUT2D eigenvalue weighted by molar-refractivity contribution is -0.151. The Labute approximate surface area is 106 Å². The highest BCUT2D eigenvalue weighted by atomic mass is 16.6. The number of esters is 2. The second-order valence-electron chi connectivity index (χ2n) is 4.96. The van der Waals surface area contributed by atoms with Gasteiger partial charge in [0.05, 0.1) is 12.7 Å². The average Bonchev–Trinajstić information content (AvgIpc) is 2.76. The molecule has 6 nitrogen and oxygen atoms in total. The van der Waals surface area contributed by atoms with Crippen molar-refractivity contribution in [2.24, 2.45) is 5.92 Å². The Kier molecular flexibility index (Phi) is 3.87. The summed E-state index contributed by atoms with van der Waals surface area (Å²) >= 11 is 0. The zero-order valence-corrected chi connectivity index (χ0v) is 10.7. The molecule has 2 aliphatic heterocycles. The second-order valence-corrected chi connectivity index (χ2v) is 4.96. The van der Waals surface area contributed by atoms with Crippen molar-refractivity contribution in [3.05, 3.63) is 0 Å². The van der Waals surface area contributed by atoms with E-state index < -0.39 is 6.10 Å². The molecule has 1 N–H and O–H groups in total. The van der Waals surface area contributed by atoms with Crippen LogP contribution in [-0.2, 0) is 19.1 Å². The van der Waals surface area contributed by atoms with E-state index in [1.165, 1.54) is 13.8 Å². The van der Waals surface area contributed by atoms with Crippen LogP contribution < -0.4 is 0 Å². The molecule has 0 radical (unpaired) electrons. The number of nitrogens with zero attached hydrogens (tertiary/aromatic N) is 1. The van der Waals surface area contributed by atoms with Crippen molar-refractivity contribution in [1.82, 2.24) is 4.90 Å². The van der Waals surface area contributed by atoms with Crippen LogP contribution in [-0.4, -0.2) is 59.9 Å². The lowest BCUT2D eigenvalue weighted by Crippen LogP contribution is -2.38. The van der Waals surface area contributed by atoms with E-state index in [-0.39, 0.29) is 36.6 Å². The van der Waals surface area contributed by atoms with Crippen molar-refractivity contribution in [2.45, 2.75) is 38.5 Å². The van der Waals surface area contributed by atoms with Crippen molar-refractivity contribution in [2.75, 3.05) is 19.7 Å². The van der Waals surface area contributed by atoms with Gasteiger partial charge in [-0.15, -0.1) is 0 Å². The largest absolute Gasteiger partial charge is 0.465 e. The van der Waals surface area contributed by atoms with Gasteiger partial charge in [-0.05, 0) is 6.42 Å². The zero-order chi connectivity index (χ0) is 13.3. The Morgan fingerprint density at radius 2 is 2.06 bits per heavy atom. The predicted octanol–water partition coefficient (Wildman–Crippen LogP) is -0.454. The maximum Gasteiger partial charge on any atom is 0.302 e. The molecule has 2 rings (SSSR count). The van der Waals surface area contributed by atoms with Crippen molar-refractivity contribution in [3.8, 4) is 0 Å². The van der Waals surface area contributed by atoms with Gasteiger partial charge >= 0.3 is 11.9 Å². The van der Waals surface area contributed by atoms with Crippen LogP contribution in [0.25, 0.3) is 0 Å². The minimum atomic E-state index is -0.439. The summed E-state index contributed by atoms with van der Waals surface area (Å²) in [7, 11) is 0. The molecule has 102 valence electrons. The topological polar surface area (TPSA) is 76.1 Å².